The molecule has 268 valence electrons. The normalized spacial score (nSPS) is 15.4. The van der Waals surface area contributed by atoms with Crippen LogP contribution in [0.25, 0.3) is 44.3 Å². The van der Waals surface area contributed by atoms with Crippen molar-refractivity contribution in [3.63, 3.8) is 0 Å². The summed E-state index contributed by atoms with van der Waals surface area (Å²) in [6.07, 6.45) is 0. The molecule has 0 spiro atoms. The van der Waals surface area contributed by atoms with Gasteiger partial charge < -0.3 is 29.2 Å². The van der Waals surface area contributed by atoms with E-state index in [0.717, 1.165) is 89.8 Å². The molecule has 4 aromatic carbocycles. The number of ether oxygens (including phenoxy) is 2. The lowest BCUT2D eigenvalue weighted by Crippen LogP contribution is -2.34. The summed E-state index contributed by atoms with van der Waals surface area (Å²) < 4.78 is 11.0. The van der Waals surface area contributed by atoms with E-state index in [1.165, 1.54) is 0 Å². The number of carbonyl (C=O) groups excluding carboxylic acids is 2. The SMILES string of the molecule is CCN(CC)C(=O)C1Sc2ccccc2-c2[nH]c3cc(OC)ccc3c21.CCN(CC)C(=O)C1Sc2ccccc2-c2[nH]c3cccc(OC)c3c21. The van der Waals surface area contributed by atoms with Crippen LogP contribution in [-0.4, -0.2) is 72.0 Å². The molecule has 6 aromatic rings. The minimum absolute atomic E-state index is 0.155. The van der Waals surface area contributed by atoms with Gasteiger partial charge in [-0.05, 0) is 64.1 Å². The second-order valence-corrected chi connectivity index (χ2v) is 14.9. The van der Waals surface area contributed by atoms with E-state index in [4.69, 9.17) is 9.47 Å². The molecule has 2 unspecified atom stereocenters. The van der Waals surface area contributed by atoms with Crippen molar-refractivity contribution in [2.45, 2.75) is 48.0 Å². The number of rotatable bonds is 8. The number of likely N-dealkylation sites (N-methyl/N-ethyl adjacent to an activating group) is 2. The molecular formula is C42H44N4O4S2. The van der Waals surface area contributed by atoms with Crippen molar-refractivity contribution in [2.24, 2.45) is 0 Å². The minimum Gasteiger partial charge on any atom is -0.497 e. The predicted molar refractivity (Wildman–Crippen MR) is 214 cm³/mol. The molecule has 2 atom stereocenters. The largest absolute Gasteiger partial charge is 0.497 e. The third kappa shape index (κ3) is 6.11. The summed E-state index contributed by atoms with van der Waals surface area (Å²) in [6, 6.07) is 28.5. The molecule has 2 N–H and O–H groups in total. The zero-order chi connectivity index (χ0) is 36.5. The van der Waals surface area contributed by atoms with Crippen LogP contribution in [0.4, 0.5) is 0 Å². The Morgan fingerprint density at radius 1 is 0.635 bits per heavy atom. The van der Waals surface area contributed by atoms with Crippen molar-refractivity contribution in [1.82, 2.24) is 19.8 Å². The number of benzene rings is 4. The molecule has 2 amide bonds. The van der Waals surface area contributed by atoms with Crippen LogP contribution in [0.5, 0.6) is 11.5 Å². The number of H-pyrrole nitrogens is 2. The van der Waals surface area contributed by atoms with Crippen molar-refractivity contribution < 1.29 is 19.1 Å². The smallest absolute Gasteiger partial charge is 0.240 e. The van der Waals surface area contributed by atoms with E-state index in [9.17, 15) is 9.59 Å². The van der Waals surface area contributed by atoms with E-state index in [2.05, 4.69) is 40.3 Å². The van der Waals surface area contributed by atoms with Gasteiger partial charge in [-0.3, -0.25) is 9.59 Å². The fraction of sp³-hybridized carbons (Fsp3) is 0.286. The van der Waals surface area contributed by atoms with Crippen molar-refractivity contribution in [2.75, 3.05) is 40.4 Å². The van der Waals surface area contributed by atoms with Crippen LogP contribution >= 0.6 is 23.5 Å². The molecule has 8 nitrogen and oxygen atoms in total. The van der Waals surface area contributed by atoms with E-state index in [1.807, 2.05) is 92.1 Å². The number of amides is 2. The molecule has 52 heavy (non-hydrogen) atoms. The fourth-order valence-electron chi connectivity index (χ4n) is 7.37. The van der Waals surface area contributed by atoms with Crippen molar-refractivity contribution >= 4 is 57.1 Å². The first-order chi connectivity index (χ1) is 25.4. The van der Waals surface area contributed by atoms with Crippen LogP contribution in [0.2, 0.25) is 0 Å². The molecular weight excluding hydrogens is 689 g/mol. The summed E-state index contributed by atoms with van der Waals surface area (Å²) >= 11 is 3.29. The summed E-state index contributed by atoms with van der Waals surface area (Å²) in [7, 11) is 3.35. The first-order valence-electron chi connectivity index (χ1n) is 17.8. The van der Waals surface area contributed by atoms with Crippen LogP contribution in [-0.2, 0) is 9.59 Å². The Kier molecular flexibility index (Phi) is 10.3. The van der Waals surface area contributed by atoms with Gasteiger partial charge in [-0.25, -0.2) is 0 Å². The fourth-order valence-corrected chi connectivity index (χ4v) is 10.0. The molecule has 0 fully saturated rings. The van der Waals surface area contributed by atoms with E-state index in [0.29, 0.717) is 13.1 Å². The van der Waals surface area contributed by atoms with Crippen LogP contribution < -0.4 is 9.47 Å². The highest BCUT2D eigenvalue weighted by Gasteiger charge is 2.37. The number of thioether (sulfide) groups is 2. The van der Waals surface area contributed by atoms with Crippen molar-refractivity contribution in [1.29, 1.82) is 0 Å². The zero-order valence-corrected chi connectivity index (χ0v) is 32.0. The Bertz CT molecular complexity index is 2270. The van der Waals surface area contributed by atoms with Crippen LogP contribution in [0.3, 0.4) is 0 Å². The number of nitrogens with zero attached hydrogens (tertiary/aromatic N) is 2. The molecule has 0 bridgehead atoms. The molecule has 2 aliphatic heterocycles. The van der Waals surface area contributed by atoms with Crippen molar-refractivity contribution in [3.8, 4) is 34.0 Å². The molecule has 4 heterocycles. The van der Waals surface area contributed by atoms with E-state index in [-0.39, 0.29) is 22.3 Å². The lowest BCUT2D eigenvalue weighted by molar-refractivity contribution is -0.131. The number of hydrogen-bond donors (Lipinski definition) is 2. The molecule has 8 rings (SSSR count). The summed E-state index contributed by atoms with van der Waals surface area (Å²) in [5.74, 6) is 1.94. The van der Waals surface area contributed by atoms with Crippen LogP contribution in [0.1, 0.15) is 49.3 Å². The average Bonchev–Trinajstić information content (AvgIpc) is 3.78. The number of hydrogen-bond acceptors (Lipinski definition) is 6. The van der Waals surface area contributed by atoms with Gasteiger partial charge in [0.15, 0.2) is 0 Å². The lowest BCUT2D eigenvalue weighted by Gasteiger charge is -2.29. The van der Waals surface area contributed by atoms with Crippen molar-refractivity contribution in [3.05, 3.63) is 96.1 Å². The molecule has 0 saturated carbocycles. The molecule has 0 aliphatic carbocycles. The third-order valence-corrected chi connectivity index (χ3v) is 12.6. The highest BCUT2D eigenvalue weighted by atomic mass is 32.2. The van der Waals surface area contributed by atoms with Gasteiger partial charge in [-0.2, -0.15) is 0 Å². The van der Waals surface area contributed by atoms with Gasteiger partial charge in [0.05, 0.1) is 25.6 Å². The summed E-state index contributed by atoms with van der Waals surface area (Å²) in [6.45, 7) is 11.0. The number of aromatic nitrogens is 2. The number of fused-ring (bicyclic) bond motifs is 10. The summed E-state index contributed by atoms with van der Waals surface area (Å²) in [5, 5.41) is 1.60. The van der Waals surface area contributed by atoms with Gasteiger partial charge in [-0.15, -0.1) is 23.5 Å². The second kappa shape index (κ2) is 15.0. The second-order valence-electron chi connectivity index (χ2n) is 12.6. The lowest BCUT2D eigenvalue weighted by atomic mass is 10.00. The molecule has 2 aromatic heterocycles. The standard InChI is InChI=1S/2C21H22N2O2S/c1-4-23(5-2)21(24)20-18-17-14(10-8-11-15(17)25-3)22-19(18)13-9-6-7-12-16(13)26-20;1-4-23(5-2)21(24)20-18-14-11-10-13(25-3)12-16(14)22-19(18)15-8-6-7-9-17(15)26-20/h2*6-12,20,22H,4-5H2,1-3H3. The number of methoxy groups -OCH3 is 2. The van der Waals surface area contributed by atoms with Gasteiger partial charge in [0.2, 0.25) is 11.8 Å². The average molecular weight is 733 g/mol. The van der Waals surface area contributed by atoms with E-state index >= 15 is 0 Å². The quantitative estimate of drug-likeness (QED) is 0.162. The van der Waals surface area contributed by atoms with Gasteiger partial charge >= 0.3 is 0 Å². The number of nitrogens with one attached hydrogen (secondary N) is 2. The Morgan fingerprint density at radius 3 is 1.73 bits per heavy atom. The molecule has 2 aliphatic rings. The highest BCUT2D eigenvalue weighted by molar-refractivity contribution is 8.00. The summed E-state index contributed by atoms with van der Waals surface area (Å²) in [5.41, 5.74) is 8.52. The van der Waals surface area contributed by atoms with Crippen LogP contribution in [0, 0.1) is 0 Å². The van der Waals surface area contributed by atoms with Crippen LogP contribution in [0.15, 0.2) is 94.7 Å². The third-order valence-electron chi connectivity index (χ3n) is 10.0. The zero-order valence-electron chi connectivity index (χ0n) is 30.4. The Hall–Kier alpha value is -4.80. The minimum atomic E-state index is -0.273. The topological polar surface area (TPSA) is 90.7 Å². The van der Waals surface area contributed by atoms with Gasteiger partial charge in [-0.1, -0.05) is 42.5 Å². The molecule has 0 radical (unpaired) electrons. The first kappa shape index (κ1) is 35.6. The maximum Gasteiger partial charge on any atom is 0.240 e. The number of carbonyl (C=O) groups is 2. The predicted octanol–water partition coefficient (Wildman–Crippen LogP) is 9.72. The molecule has 10 heteroatoms. The van der Waals surface area contributed by atoms with Gasteiger partial charge in [0.25, 0.3) is 0 Å². The molecule has 0 saturated heterocycles. The monoisotopic (exact) mass is 732 g/mol. The Morgan fingerprint density at radius 2 is 1.17 bits per heavy atom. The maximum atomic E-state index is 13.3. The van der Waals surface area contributed by atoms with Gasteiger partial charge in [0, 0.05) is 86.1 Å². The maximum absolute atomic E-state index is 13.3. The summed E-state index contributed by atoms with van der Waals surface area (Å²) in [4.78, 5) is 39.8. The highest BCUT2D eigenvalue weighted by Crippen LogP contribution is 2.54. The Labute approximate surface area is 313 Å². The number of aromatic amines is 2. The first-order valence-corrected chi connectivity index (χ1v) is 19.6. The van der Waals surface area contributed by atoms with Gasteiger partial charge in [0.1, 0.15) is 22.0 Å². The van der Waals surface area contributed by atoms with E-state index in [1.54, 1.807) is 37.7 Å². The van der Waals surface area contributed by atoms with E-state index < -0.39 is 0 Å². The Balaban J connectivity index is 0.000000162.